The second-order valence-electron chi connectivity index (χ2n) is 4.55. The van der Waals surface area contributed by atoms with Gasteiger partial charge in [-0.15, -0.1) is 0 Å². The molecular weight excluding hydrogens is 228 g/mol. The molecule has 0 saturated carbocycles. The van der Waals surface area contributed by atoms with Crippen LogP contribution in [0.1, 0.15) is 24.5 Å². The molecule has 100 valence electrons. The van der Waals surface area contributed by atoms with Gasteiger partial charge in [0.1, 0.15) is 5.75 Å². The molecule has 1 rings (SSSR count). The summed E-state index contributed by atoms with van der Waals surface area (Å²) >= 11 is 0. The van der Waals surface area contributed by atoms with Crippen molar-refractivity contribution < 1.29 is 9.53 Å². The van der Waals surface area contributed by atoms with E-state index in [-0.39, 0.29) is 5.91 Å². The molecule has 1 atom stereocenters. The van der Waals surface area contributed by atoms with E-state index < -0.39 is 6.04 Å². The minimum atomic E-state index is -0.454. The predicted octanol–water partition coefficient (Wildman–Crippen LogP) is 1.54. The number of benzene rings is 1. The van der Waals surface area contributed by atoms with Crippen LogP contribution in [-0.2, 0) is 4.79 Å². The van der Waals surface area contributed by atoms with Gasteiger partial charge in [-0.05, 0) is 44.4 Å². The molecule has 0 aliphatic rings. The maximum Gasteiger partial charge on any atom is 0.236 e. The van der Waals surface area contributed by atoms with Gasteiger partial charge in [0.25, 0.3) is 0 Å². The summed E-state index contributed by atoms with van der Waals surface area (Å²) in [5.74, 6) is 0.787. The quantitative estimate of drug-likeness (QED) is 0.753. The molecule has 0 aliphatic heterocycles. The van der Waals surface area contributed by atoms with Crippen LogP contribution in [-0.4, -0.2) is 25.1 Å². The summed E-state index contributed by atoms with van der Waals surface area (Å²) in [5.41, 5.74) is 7.74. The second kappa shape index (κ2) is 7.01. The molecule has 18 heavy (non-hydrogen) atoms. The van der Waals surface area contributed by atoms with E-state index in [1.54, 1.807) is 6.92 Å². The lowest BCUT2D eigenvalue weighted by molar-refractivity contribution is -0.121. The molecule has 1 aromatic carbocycles. The summed E-state index contributed by atoms with van der Waals surface area (Å²) in [6, 6.07) is 5.67. The molecule has 0 bridgehead atoms. The van der Waals surface area contributed by atoms with Gasteiger partial charge in [0, 0.05) is 6.54 Å². The van der Waals surface area contributed by atoms with Gasteiger partial charge in [-0.2, -0.15) is 0 Å². The minimum Gasteiger partial charge on any atom is -0.493 e. The molecule has 0 radical (unpaired) electrons. The van der Waals surface area contributed by atoms with Gasteiger partial charge < -0.3 is 15.8 Å². The lowest BCUT2D eigenvalue weighted by Crippen LogP contribution is -2.38. The van der Waals surface area contributed by atoms with Crippen LogP contribution in [0.4, 0.5) is 0 Å². The van der Waals surface area contributed by atoms with Gasteiger partial charge in [0.05, 0.1) is 12.6 Å². The summed E-state index contributed by atoms with van der Waals surface area (Å²) in [6.07, 6.45) is 0.770. The van der Waals surface area contributed by atoms with Crippen LogP contribution in [0.5, 0.6) is 5.75 Å². The van der Waals surface area contributed by atoms with Crippen molar-refractivity contribution in [2.24, 2.45) is 5.73 Å². The smallest absolute Gasteiger partial charge is 0.236 e. The standard InChI is InChI=1S/C14H22N2O2/c1-10-5-6-11(2)13(9-10)18-8-4-7-16-14(17)12(3)15/h5-6,9,12H,4,7-8,15H2,1-3H3,(H,16,17). The molecule has 0 spiro atoms. The van der Waals surface area contributed by atoms with Gasteiger partial charge in [-0.1, -0.05) is 12.1 Å². The zero-order chi connectivity index (χ0) is 13.5. The summed E-state index contributed by atoms with van der Waals surface area (Å²) in [6.45, 7) is 6.90. The van der Waals surface area contributed by atoms with E-state index >= 15 is 0 Å². The summed E-state index contributed by atoms with van der Waals surface area (Å²) in [4.78, 5) is 11.2. The van der Waals surface area contributed by atoms with Crippen LogP contribution >= 0.6 is 0 Å². The van der Waals surface area contributed by atoms with E-state index in [0.29, 0.717) is 13.2 Å². The van der Waals surface area contributed by atoms with E-state index in [9.17, 15) is 4.79 Å². The first-order chi connectivity index (χ1) is 8.50. The SMILES string of the molecule is Cc1ccc(C)c(OCCCNC(=O)C(C)N)c1. The predicted molar refractivity (Wildman–Crippen MR) is 72.7 cm³/mol. The van der Waals surface area contributed by atoms with Crippen molar-refractivity contribution in [1.29, 1.82) is 0 Å². The molecule has 0 heterocycles. The maximum absolute atomic E-state index is 11.2. The van der Waals surface area contributed by atoms with Crippen molar-refractivity contribution in [3.63, 3.8) is 0 Å². The third-order valence-electron chi connectivity index (χ3n) is 2.64. The monoisotopic (exact) mass is 250 g/mol. The van der Waals surface area contributed by atoms with E-state index in [2.05, 4.69) is 11.4 Å². The summed E-state index contributed by atoms with van der Waals surface area (Å²) in [5, 5.41) is 2.75. The number of carbonyl (C=O) groups is 1. The number of rotatable bonds is 6. The van der Waals surface area contributed by atoms with Crippen LogP contribution < -0.4 is 15.8 Å². The molecule has 0 aromatic heterocycles. The van der Waals surface area contributed by atoms with E-state index in [1.807, 2.05) is 26.0 Å². The van der Waals surface area contributed by atoms with Gasteiger partial charge >= 0.3 is 0 Å². The first-order valence-corrected chi connectivity index (χ1v) is 6.24. The molecule has 1 amide bonds. The fraction of sp³-hybridized carbons (Fsp3) is 0.500. The summed E-state index contributed by atoms with van der Waals surface area (Å²) < 4.78 is 5.68. The Morgan fingerprint density at radius 3 is 2.83 bits per heavy atom. The molecule has 4 heteroatoms. The molecule has 0 fully saturated rings. The number of nitrogens with two attached hydrogens (primary N) is 1. The Morgan fingerprint density at radius 2 is 2.17 bits per heavy atom. The van der Waals surface area contributed by atoms with Gasteiger partial charge in [-0.25, -0.2) is 0 Å². The van der Waals surface area contributed by atoms with E-state index in [0.717, 1.165) is 17.7 Å². The van der Waals surface area contributed by atoms with Crippen molar-refractivity contribution in [3.05, 3.63) is 29.3 Å². The molecule has 4 nitrogen and oxygen atoms in total. The van der Waals surface area contributed by atoms with E-state index in [4.69, 9.17) is 10.5 Å². The Balaban J connectivity index is 2.26. The van der Waals surface area contributed by atoms with Crippen molar-refractivity contribution in [2.75, 3.05) is 13.2 Å². The Labute approximate surface area is 109 Å². The van der Waals surface area contributed by atoms with Gasteiger partial charge in [0.15, 0.2) is 0 Å². The largest absolute Gasteiger partial charge is 0.493 e. The zero-order valence-corrected chi connectivity index (χ0v) is 11.3. The average molecular weight is 250 g/mol. The van der Waals surface area contributed by atoms with Crippen LogP contribution in [0.3, 0.4) is 0 Å². The summed E-state index contributed by atoms with van der Waals surface area (Å²) in [7, 11) is 0. The molecule has 1 unspecified atom stereocenters. The first-order valence-electron chi connectivity index (χ1n) is 6.24. The molecular formula is C14H22N2O2. The fourth-order valence-corrected chi connectivity index (χ4v) is 1.49. The second-order valence-corrected chi connectivity index (χ2v) is 4.55. The normalized spacial score (nSPS) is 12.0. The lowest BCUT2D eigenvalue weighted by Gasteiger charge is -2.11. The minimum absolute atomic E-state index is 0.123. The van der Waals surface area contributed by atoms with Crippen LogP contribution in [0.2, 0.25) is 0 Å². The number of nitrogens with one attached hydrogen (secondary N) is 1. The maximum atomic E-state index is 11.2. The molecule has 3 N–H and O–H groups in total. The highest BCUT2D eigenvalue weighted by atomic mass is 16.5. The van der Waals surface area contributed by atoms with Crippen molar-refractivity contribution in [3.8, 4) is 5.75 Å². The molecule has 1 aromatic rings. The Kier molecular flexibility index (Phi) is 5.65. The van der Waals surface area contributed by atoms with Crippen molar-refractivity contribution in [2.45, 2.75) is 33.2 Å². The van der Waals surface area contributed by atoms with Crippen LogP contribution in [0.25, 0.3) is 0 Å². The topological polar surface area (TPSA) is 64.3 Å². The number of ether oxygens (including phenoxy) is 1. The Bertz CT molecular complexity index is 403. The third kappa shape index (κ3) is 4.75. The Hall–Kier alpha value is -1.55. The first kappa shape index (κ1) is 14.5. The van der Waals surface area contributed by atoms with Crippen molar-refractivity contribution in [1.82, 2.24) is 5.32 Å². The molecule has 0 saturated heterocycles. The van der Waals surface area contributed by atoms with Crippen LogP contribution in [0.15, 0.2) is 18.2 Å². The zero-order valence-electron chi connectivity index (χ0n) is 11.3. The fourth-order valence-electron chi connectivity index (χ4n) is 1.49. The number of amides is 1. The third-order valence-corrected chi connectivity index (χ3v) is 2.64. The van der Waals surface area contributed by atoms with Gasteiger partial charge in [-0.3, -0.25) is 4.79 Å². The van der Waals surface area contributed by atoms with Crippen LogP contribution in [0, 0.1) is 13.8 Å². The number of carbonyl (C=O) groups excluding carboxylic acids is 1. The number of aryl methyl sites for hydroxylation is 2. The Morgan fingerprint density at radius 1 is 1.44 bits per heavy atom. The van der Waals surface area contributed by atoms with E-state index in [1.165, 1.54) is 5.56 Å². The highest BCUT2D eigenvalue weighted by Crippen LogP contribution is 2.18. The highest BCUT2D eigenvalue weighted by molar-refractivity contribution is 5.80. The average Bonchev–Trinajstić information content (AvgIpc) is 2.32. The molecule has 0 aliphatic carbocycles. The van der Waals surface area contributed by atoms with Gasteiger partial charge in [0.2, 0.25) is 5.91 Å². The lowest BCUT2D eigenvalue weighted by atomic mass is 10.1. The number of hydrogen-bond acceptors (Lipinski definition) is 3. The number of hydrogen-bond donors (Lipinski definition) is 2. The van der Waals surface area contributed by atoms with Crippen molar-refractivity contribution >= 4 is 5.91 Å². The highest BCUT2D eigenvalue weighted by Gasteiger charge is 2.05.